The van der Waals surface area contributed by atoms with E-state index in [1.165, 1.54) is 0 Å². The predicted molar refractivity (Wildman–Crippen MR) is 72.1 cm³/mol. The number of nitrogens with two attached hydrogens (primary N) is 1. The first-order chi connectivity index (χ1) is 8.08. The van der Waals surface area contributed by atoms with Crippen LogP contribution in [0.15, 0.2) is 18.3 Å². The van der Waals surface area contributed by atoms with Crippen molar-refractivity contribution in [1.29, 1.82) is 0 Å². The quantitative estimate of drug-likeness (QED) is 0.782. The Balaban J connectivity index is 2.13. The molecular formula is C12H17N3OS. The molecule has 2 atom stereocenters. The first-order valence-electron chi connectivity index (χ1n) is 5.77. The van der Waals surface area contributed by atoms with E-state index in [9.17, 15) is 5.11 Å². The van der Waals surface area contributed by atoms with E-state index in [4.69, 9.17) is 18.0 Å². The lowest BCUT2D eigenvalue weighted by atomic mass is 10.0. The Morgan fingerprint density at radius 3 is 3.06 bits per heavy atom. The van der Waals surface area contributed by atoms with Gasteiger partial charge in [-0.3, -0.25) is 0 Å². The van der Waals surface area contributed by atoms with Crippen LogP contribution in [0.4, 0.5) is 5.82 Å². The van der Waals surface area contributed by atoms with Crippen molar-refractivity contribution in [2.75, 3.05) is 18.0 Å². The molecule has 0 radical (unpaired) electrons. The number of hydrogen-bond acceptors (Lipinski definition) is 4. The summed E-state index contributed by atoms with van der Waals surface area (Å²) in [6.07, 6.45) is 2.45. The van der Waals surface area contributed by atoms with Crippen LogP contribution in [0.1, 0.15) is 18.9 Å². The van der Waals surface area contributed by atoms with E-state index >= 15 is 0 Å². The van der Waals surface area contributed by atoms with Crippen molar-refractivity contribution in [3.63, 3.8) is 0 Å². The van der Waals surface area contributed by atoms with E-state index in [0.29, 0.717) is 10.9 Å². The van der Waals surface area contributed by atoms with Crippen molar-refractivity contribution < 1.29 is 5.11 Å². The zero-order valence-electron chi connectivity index (χ0n) is 9.84. The highest BCUT2D eigenvalue weighted by Crippen LogP contribution is 2.24. The summed E-state index contributed by atoms with van der Waals surface area (Å²) in [4.78, 5) is 6.88. The maximum Gasteiger partial charge on any atom is 0.129 e. The Hall–Kier alpha value is -1.20. The highest BCUT2D eigenvalue weighted by atomic mass is 32.1. The first-order valence-corrected chi connectivity index (χ1v) is 6.17. The van der Waals surface area contributed by atoms with E-state index in [-0.39, 0.29) is 6.10 Å². The zero-order chi connectivity index (χ0) is 12.4. The van der Waals surface area contributed by atoms with Crippen LogP contribution < -0.4 is 10.6 Å². The Morgan fingerprint density at radius 1 is 1.71 bits per heavy atom. The fourth-order valence-corrected chi connectivity index (χ4v) is 2.26. The second-order valence-corrected chi connectivity index (χ2v) is 4.94. The molecule has 0 bridgehead atoms. The third-order valence-electron chi connectivity index (χ3n) is 3.26. The fourth-order valence-electron chi connectivity index (χ4n) is 2.13. The van der Waals surface area contributed by atoms with Gasteiger partial charge in [-0.05, 0) is 25.5 Å². The molecule has 0 aliphatic carbocycles. The van der Waals surface area contributed by atoms with Crippen LogP contribution in [0.25, 0.3) is 0 Å². The van der Waals surface area contributed by atoms with Gasteiger partial charge in [0.15, 0.2) is 0 Å². The molecule has 1 aliphatic rings. The monoisotopic (exact) mass is 251 g/mol. The Bertz CT molecular complexity index is 422. The minimum absolute atomic E-state index is 0.265. The summed E-state index contributed by atoms with van der Waals surface area (Å²) in [7, 11) is 0. The molecule has 0 saturated carbocycles. The maximum atomic E-state index is 9.57. The van der Waals surface area contributed by atoms with Gasteiger partial charge in [0.05, 0.1) is 6.10 Å². The fraction of sp³-hybridized carbons (Fsp3) is 0.500. The molecule has 92 valence electrons. The topological polar surface area (TPSA) is 62.4 Å². The predicted octanol–water partition coefficient (Wildman–Crippen LogP) is 0.923. The van der Waals surface area contributed by atoms with Gasteiger partial charge in [-0.2, -0.15) is 0 Å². The van der Waals surface area contributed by atoms with Crippen LogP contribution >= 0.6 is 12.2 Å². The number of pyridine rings is 1. The summed E-state index contributed by atoms with van der Waals surface area (Å²) >= 11 is 4.95. The standard InChI is InChI=1S/C12H17N3OS/c1-8(16)10-3-5-15(7-10)11-6-9(12(13)17)2-4-14-11/h2,4,6,8,10,16H,3,5,7H2,1H3,(H2,13,17). The Kier molecular flexibility index (Phi) is 3.59. The normalized spacial score (nSPS) is 21.5. The van der Waals surface area contributed by atoms with Crippen molar-refractivity contribution >= 4 is 23.0 Å². The van der Waals surface area contributed by atoms with E-state index in [1.54, 1.807) is 6.20 Å². The van der Waals surface area contributed by atoms with Gasteiger partial charge in [0, 0.05) is 30.8 Å². The van der Waals surface area contributed by atoms with Gasteiger partial charge < -0.3 is 15.7 Å². The lowest BCUT2D eigenvalue weighted by Crippen LogP contribution is -2.25. The SMILES string of the molecule is CC(O)C1CCN(c2cc(C(N)=S)ccn2)C1. The smallest absolute Gasteiger partial charge is 0.129 e. The van der Waals surface area contributed by atoms with Gasteiger partial charge in [0.2, 0.25) is 0 Å². The molecule has 1 fully saturated rings. The average molecular weight is 251 g/mol. The highest BCUT2D eigenvalue weighted by molar-refractivity contribution is 7.80. The van der Waals surface area contributed by atoms with Crippen molar-refractivity contribution in [2.45, 2.75) is 19.4 Å². The van der Waals surface area contributed by atoms with Crippen molar-refractivity contribution in [3.8, 4) is 0 Å². The third-order valence-corrected chi connectivity index (χ3v) is 3.50. The molecular weight excluding hydrogens is 234 g/mol. The van der Waals surface area contributed by atoms with Crippen molar-refractivity contribution in [1.82, 2.24) is 4.98 Å². The summed E-state index contributed by atoms with van der Waals surface area (Å²) in [5, 5.41) is 9.57. The van der Waals surface area contributed by atoms with E-state index in [2.05, 4.69) is 9.88 Å². The summed E-state index contributed by atoms with van der Waals surface area (Å²) in [6, 6.07) is 3.72. The van der Waals surface area contributed by atoms with Crippen LogP contribution in [0.2, 0.25) is 0 Å². The minimum Gasteiger partial charge on any atom is -0.393 e. The van der Waals surface area contributed by atoms with E-state index in [1.807, 2.05) is 19.1 Å². The minimum atomic E-state index is -0.265. The molecule has 5 heteroatoms. The van der Waals surface area contributed by atoms with Gasteiger partial charge in [-0.15, -0.1) is 0 Å². The van der Waals surface area contributed by atoms with Crippen LogP contribution in [0.3, 0.4) is 0 Å². The largest absolute Gasteiger partial charge is 0.393 e. The molecule has 0 aromatic carbocycles. The molecule has 2 unspecified atom stereocenters. The van der Waals surface area contributed by atoms with Crippen molar-refractivity contribution in [2.24, 2.45) is 11.7 Å². The van der Waals surface area contributed by atoms with Gasteiger partial charge in [0.1, 0.15) is 10.8 Å². The number of aliphatic hydroxyl groups excluding tert-OH is 1. The number of anilines is 1. The van der Waals surface area contributed by atoms with Crippen LogP contribution in [0, 0.1) is 5.92 Å². The molecule has 0 spiro atoms. The number of hydrogen-bond donors (Lipinski definition) is 2. The number of aromatic nitrogens is 1. The maximum absolute atomic E-state index is 9.57. The molecule has 0 amide bonds. The van der Waals surface area contributed by atoms with Crippen LogP contribution in [-0.4, -0.2) is 34.3 Å². The number of aliphatic hydroxyl groups is 1. The summed E-state index contributed by atoms with van der Waals surface area (Å²) in [6.45, 7) is 3.60. The second kappa shape index (κ2) is 4.98. The first kappa shape index (κ1) is 12.3. The molecule has 1 saturated heterocycles. The second-order valence-electron chi connectivity index (χ2n) is 4.50. The molecule has 1 aromatic heterocycles. The Labute approximate surface area is 106 Å². The lowest BCUT2D eigenvalue weighted by molar-refractivity contribution is 0.136. The van der Waals surface area contributed by atoms with Gasteiger partial charge in [-0.25, -0.2) is 4.98 Å². The summed E-state index contributed by atoms with van der Waals surface area (Å²) in [5.41, 5.74) is 6.44. The molecule has 1 aromatic rings. The van der Waals surface area contributed by atoms with E-state index < -0.39 is 0 Å². The molecule has 4 nitrogen and oxygen atoms in total. The lowest BCUT2D eigenvalue weighted by Gasteiger charge is -2.19. The molecule has 2 heterocycles. The summed E-state index contributed by atoms with van der Waals surface area (Å²) < 4.78 is 0. The number of nitrogens with zero attached hydrogens (tertiary/aromatic N) is 2. The van der Waals surface area contributed by atoms with Crippen molar-refractivity contribution in [3.05, 3.63) is 23.9 Å². The van der Waals surface area contributed by atoms with E-state index in [0.717, 1.165) is 30.9 Å². The van der Waals surface area contributed by atoms with Crippen LogP contribution in [0.5, 0.6) is 0 Å². The number of thiocarbonyl (C=S) groups is 1. The molecule has 2 rings (SSSR count). The molecule has 1 aliphatic heterocycles. The van der Waals surface area contributed by atoms with Gasteiger partial charge in [0.25, 0.3) is 0 Å². The zero-order valence-corrected chi connectivity index (χ0v) is 10.7. The molecule has 3 N–H and O–H groups in total. The molecule has 17 heavy (non-hydrogen) atoms. The number of rotatable bonds is 3. The summed E-state index contributed by atoms with van der Waals surface area (Å²) in [5.74, 6) is 1.21. The Morgan fingerprint density at radius 2 is 2.47 bits per heavy atom. The van der Waals surface area contributed by atoms with Gasteiger partial charge >= 0.3 is 0 Å². The average Bonchev–Trinajstić information content (AvgIpc) is 2.78. The van der Waals surface area contributed by atoms with Gasteiger partial charge in [-0.1, -0.05) is 12.2 Å². The highest BCUT2D eigenvalue weighted by Gasteiger charge is 2.26. The third kappa shape index (κ3) is 2.73. The van der Waals surface area contributed by atoms with Crippen LogP contribution in [-0.2, 0) is 0 Å².